The van der Waals surface area contributed by atoms with Gasteiger partial charge in [0.2, 0.25) is 0 Å². The van der Waals surface area contributed by atoms with E-state index in [-0.39, 0.29) is 12.2 Å². The first-order chi connectivity index (χ1) is 6.63. The summed E-state index contributed by atoms with van der Waals surface area (Å²) in [6, 6.07) is 0. The summed E-state index contributed by atoms with van der Waals surface area (Å²) in [6.45, 7) is 7.88. The minimum Gasteiger partial charge on any atom is -0.462 e. The second kappa shape index (κ2) is 7.12. The van der Waals surface area contributed by atoms with Crippen molar-refractivity contribution in [3.63, 3.8) is 0 Å². The Morgan fingerprint density at radius 1 is 1.36 bits per heavy atom. The van der Waals surface area contributed by atoms with Crippen LogP contribution < -0.4 is 5.32 Å². The molecular weight excluding hydrogens is 182 g/mol. The molecular formula is C10H17NO3. The second-order valence-corrected chi connectivity index (χ2v) is 2.81. The quantitative estimate of drug-likeness (QED) is 0.228. The summed E-state index contributed by atoms with van der Waals surface area (Å²) in [5.41, 5.74) is -0.136. The highest BCUT2D eigenvalue weighted by atomic mass is 16.5. The first kappa shape index (κ1) is 12.7. The molecule has 1 N–H and O–H groups in total. The molecule has 0 rings (SSSR count). The van der Waals surface area contributed by atoms with Gasteiger partial charge in [-0.15, -0.1) is 0 Å². The van der Waals surface area contributed by atoms with Crippen LogP contribution in [0.5, 0.6) is 0 Å². The predicted molar refractivity (Wildman–Crippen MR) is 53.7 cm³/mol. The van der Waals surface area contributed by atoms with Crippen molar-refractivity contribution in [1.29, 1.82) is 0 Å². The van der Waals surface area contributed by atoms with Crippen LogP contribution in [0.25, 0.3) is 0 Å². The fraction of sp³-hybridized carbons (Fsp3) is 0.600. The van der Waals surface area contributed by atoms with Crippen LogP contribution in [0, 0.1) is 0 Å². The lowest BCUT2D eigenvalue weighted by atomic mass is 10.2. The number of carbonyl (C=O) groups excluding carboxylic acids is 2. The summed E-state index contributed by atoms with van der Waals surface area (Å²) in [7, 11) is 0. The molecule has 4 heteroatoms. The molecule has 0 saturated heterocycles. The van der Waals surface area contributed by atoms with Gasteiger partial charge in [-0.3, -0.25) is 4.79 Å². The molecule has 0 unspecified atom stereocenters. The van der Waals surface area contributed by atoms with Crippen molar-refractivity contribution < 1.29 is 14.3 Å². The maximum absolute atomic E-state index is 11.2. The topological polar surface area (TPSA) is 55.4 Å². The molecule has 80 valence electrons. The first-order valence-electron chi connectivity index (χ1n) is 4.77. The summed E-state index contributed by atoms with van der Waals surface area (Å²) in [5, 5.41) is 2.58. The Morgan fingerprint density at radius 2 is 2.00 bits per heavy atom. The van der Waals surface area contributed by atoms with Crippen LogP contribution in [0.3, 0.4) is 0 Å². The zero-order chi connectivity index (χ0) is 11.0. The van der Waals surface area contributed by atoms with Gasteiger partial charge >= 0.3 is 5.97 Å². The van der Waals surface area contributed by atoms with E-state index in [1.807, 2.05) is 6.92 Å². The molecule has 4 nitrogen and oxygen atoms in total. The van der Waals surface area contributed by atoms with E-state index in [0.717, 1.165) is 12.8 Å². The minimum atomic E-state index is -0.651. The molecule has 0 aromatic carbocycles. The van der Waals surface area contributed by atoms with Gasteiger partial charge in [0.15, 0.2) is 0 Å². The molecule has 0 radical (unpaired) electrons. The summed E-state index contributed by atoms with van der Waals surface area (Å²) in [4.78, 5) is 22.3. The molecule has 0 saturated carbocycles. The third-order valence-electron chi connectivity index (χ3n) is 1.61. The van der Waals surface area contributed by atoms with Crippen molar-refractivity contribution in [2.45, 2.75) is 26.7 Å². The Hall–Kier alpha value is -1.32. The van der Waals surface area contributed by atoms with Gasteiger partial charge in [0, 0.05) is 6.54 Å². The number of nitrogens with one attached hydrogen (secondary N) is 1. The normalized spacial score (nSPS) is 9.29. The van der Waals surface area contributed by atoms with Crippen molar-refractivity contribution in [3.8, 4) is 0 Å². The number of hydrogen-bond donors (Lipinski definition) is 1. The molecule has 14 heavy (non-hydrogen) atoms. The summed E-state index contributed by atoms with van der Waals surface area (Å²) >= 11 is 0. The maximum Gasteiger partial charge on any atom is 0.343 e. The van der Waals surface area contributed by atoms with E-state index in [0.29, 0.717) is 6.54 Å². The van der Waals surface area contributed by atoms with Gasteiger partial charge in [0.25, 0.3) is 5.91 Å². The fourth-order valence-electron chi connectivity index (χ4n) is 0.796. The zero-order valence-corrected chi connectivity index (χ0v) is 8.76. The Kier molecular flexibility index (Phi) is 6.45. The fourth-order valence-corrected chi connectivity index (χ4v) is 0.796. The summed E-state index contributed by atoms with van der Waals surface area (Å²) in [6.07, 6.45) is 1.88. The lowest BCUT2D eigenvalue weighted by Crippen LogP contribution is -2.29. The van der Waals surface area contributed by atoms with Gasteiger partial charge in [-0.2, -0.15) is 0 Å². The Balaban J connectivity index is 3.87. The van der Waals surface area contributed by atoms with Crippen LogP contribution in [0.1, 0.15) is 26.7 Å². The molecule has 0 aliphatic heterocycles. The van der Waals surface area contributed by atoms with E-state index in [2.05, 4.69) is 16.6 Å². The van der Waals surface area contributed by atoms with Crippen molar-refractivity contribution in [1.82, 2.24) is 5.32 Å². The van der Waals surface area contributed by atoms with Gasteiger partial charge in [-0.1, -0.05) is 19.9 Å². The van der Waals surface area contributed by atoms with E-state index in [1.54, 1.807) is 6.92 Å². The van der Waals surface area contributed by atoms with E-state index in [4.69, 9.17) is 0 Å². The third kappa shape index (κ3) is 4.64. The number of carbonyl (C=O) groups is 2. The van der Waals surface area contributed by atoms with E-state index < -0.39 is 11.9 Å². The maximum atomic E-state index is 11.2. The standard InChI is InChI=1S/C10H17NO3/c1-4-6-7-11-9(12)8(3)10(13)14-5-2/h3-7H2,1-2H3,(H,11,12). The lowest BCUT2D eigenvalue weighted by molar-refractivity contribution is -0.140. The monoisotopic (exact) mass is 199 g/mol. The van der Waals surface area contributed by atoms with Gasteiger partial charge in [-0.05, 0) is 13.3 Å². The van der Waals surface area contributed by atoms with Crippen LogP contribution in [0.2, 0.25) is 0 Å². The Labute approximate surface area is 84.3 Å². The average Bonchev–Trinajstić information content (AvgIpc) is 2.17. The van der Waals surface area contributed by atoms with Gasteiger partial charge in [0.05, 0.1) is 6.61 Å². The number of amides is 1. The number of hydrogen-bond acceptors (Lipinski definition) is 3. The molecule has 1 amide bonds. The molecule has 0 aliphatic carbocycles. The van der Waals surface area contributed by atoms with Crippen LogP contribution in [-0.4, -0.2) is 25.0 Å². The van der Waals surface area contributed by atoms with E-state index in [9.17, 15) is 9.59 Å². The van der Waals surface area contributed by atoms with Gasteiger partial charge < -0.3 is 10.1 Å². The first-order valence-corrected chi connectivity index (χ1v) is 4.77. The SMILES string of the molecule is C=C(C(=O)NCCCC)C(=O)OCC. The van der Waals surface area contributed by atoms with Crippen molar-refractivity contribution in [2.24, 2.45) is 0 Å². The third-order valence-corrected chi connectivity index (χ3v) is 1.61. The number of ether oxygens (including phenoxy) is 1. The highest BCUT2D eigenvalue weighted by molar-refractivity contribution is 6.15. The number of unbranched alkanes of at least 4 members (excludes halogenated alkanes) is 1. The Bertz CT molecular complexity index is 223. The number of rotatable bonds is 6. The summed E-state index contributed by atoms with van der Waals surface area (Å²) < 4.78 is 4.63. The molecule has 0 heterocycles. The molecule has 0 spiro atoms. The zero-order valence-electron chi connectivity index (χ0n) is 8.76. The van der Waals surface area contributed by atoms with Gasteiger partial charge in [-0.25, -0.2) is 4.79 Å². The van der Waals surface area contributed by atoms with E-state index in [1.165, 1.54) is 0 Å². The number of esters is 1. The van der Waals surface area contributed by atoms with Crippen molar-refractivity contribution in [2.75, 3.05) is 13.2 Å². The Morgan fingerprint density at radius 3 is 2.50 bits per heavy atom. The second-order valence-electron chi connectivity index (χ2n) is 2.81. The molecule has 0 bridgehead atoms. The highest BCUT2D eigenvalue weighted by Crippen LogP contribution is 1.95. The smallest absolute Gasteiger partial charge is 0.343 e. The van der Waals surface area contributed by atoms with Crippen LogP contribution >= 0.6 is 0 Å². The highest BCUT2D eigenvalue weighted by Gasteiger charge is 2.15. The summed E-state index contributed by atoms with van der Waals surface area (Å²) in [5.74, 6) is -1.10. The average molecular weight is 199 g/mol. The molecule has 0 aromatic rings. The largest absolute Gasteiger partial charge is 0.462 e. The molecule has 0 aliphatic rings. The predicted octanol–water partition coefficient (Wildman–Crippen LogP) is 1.02. The van der Waals surface area contributed by atoms with Crippen molar-refractivity contribution >= 4 is 11.9 Å². The van der Waals surface area contributed by atoms with Crippen LogP contribution in [-0.2, 0) is 14.3 Å². The van der Waals surface area contributed by atoms with Crippen LogP contribution in [0.4, 0.5) is 0 Å². The molecule has 0 fully saturated rings. The van der Waals surface area contributed by atoms with Gasteiger partial charge in [0.1, 0.15) is 5.57 Å². The lowest BCUT2D eigenvalue weighted by Gasteiger charge is -2.05. The van der Waals surface area contributed by atoms with E-state index >= 15 is 0 Å². The molecule has 0 atom stereocenters. The van der Waals surface area contributed by atoms with Crippen molar-refractivity contribution in [3.05, 3.63) is 12.2 Å². The minimum absolute atomic E-state index is 0.136. The molecule has 0 aromatic heterocycles. The van der Waals surface area contributed by atoms with Crippen LogP contribution in [0.15, 0.2) is 12.2 Å².